The Morgan fingerprint density at radius 1 is 1.41 bits per heavy atom. The molecule has 0 spiro atoms. The molecule has 166 valence electrons. The topological polar surface area (TPSA) is 105 Å². The second-order valence-corrected chi connectivity index (χ2v) is 8.33. The molecule has 1 unspecified atom stereocenters. The summed E-state index contributed by atoms with van der Waals surface area (Å²) in [5.41, 5.74) is 3.98. The minimum Gasteiger partial charge on any atom is -0.396 e. The Bertz CT molecular complexity index is 1060. The number of piperazine rings is 1. The number of amides is 1. The van der Waals surface area contributed by atoms with Crippen molar-refractivity contribution in [1.29, 1.82) is 5.26 Å². The molecule has 8 heteroatoms. The molecule has 1 aliphatic carbocycles. The normalized spacial score (nSPS) is 18.2. The summed E-state index contributed by atoms with van der Waals surface area (Å²) in [7, 11) is 0. The van der Waals surface area contributed by atoms with Crippen LogP contribution in [0, 0.1) is 11.3 Å². The smallest absolute Gasteiger partial charge is 0.225 e. The number of aliphatic hydroxyl groups is 1. The predicted octanol–water partition coefficient (Wildman–Crippen LogP) is 3.03. The van der Waals surface area contributed by atoms with Crippen LogP contribution in [0.3, 0.4) is 0 Å². The van der Waals surface area contributed by atoms with E-state index < -0.39 is 0 Å². The van der Waals surface area contributed by atoms with E-state index in [-0.39, 0.29) is 25.0 Å². The third kappa shape index (κ3) is 4.58. The maximum absolute atomic E-state index is 12.3. The molecule has 2 aromatic rings. The molecule has 32 heavy (non-hydrogen) atoms. The van der Waals surface area contributed by atoms with E-state index in [2.05, 4.69) is 27.8 Å². The first kappa shape index (κ1) is 21.8. The summed E-state index contributed by atoms with van der Waals surface area (Å²) in [6.07, 6.45) is 5.73. The lowest BCUT2D eigenvalue weighted by Crippen LogP contribution is -2.54. The monoisotopic (exact) mass is 432 g/mol. The van der Waals surface area contributed by atoms with Gasteiger partial charge in [-0.1, -0.05) is 6.58 Å². The van der Waals surface area contributed by atoms with Gasteiger partial charge in [-0.25, -0.2) is 4.98 Å². The molecule has 3 heterocycles. The number of aromatic nitrogens is 2. The average molecular weight is 433 g/mol. The number of aliphatic hydroxyl groups excluding tert-OH is 1. The number of carbonyl (C=O) groups excluding carboxylic acids is 1. The van der Waals surface area contributed by atoms with E-state index in [1.165, 1.54) is 0 Å². The van der Waals surface area contributed by atoms with E-state index in [0.717, 1.165) is 35.6 Å². The first-order chi connectivity index (χ1) is 15.5. The van der Waals surface area contributed by atoms with E-state index in [9.17, 15) is 10.1 Å². The van der Waals surface area contributed by atoms with E-state index in [0.29, 0.717) is 36.9 Å². The van der Waals surface area contributed by atoms with Gasteiger partial charge in [-0.2, -0.15) is 5.26 Å². The molecular formula is C24H28N6O2. The Morgan fingerprint density at radius 3 is 2.88 bits per heavy atom. The van der Waals surface area contributed by atoms with E-state index in [4.69, 9.17) is 10.1 Å². The van der Waals surface area contributed by atoms with E-state index >= 15 is 0 Å². The van der Waals surface area contributed by atoms with Crippen molar-refractivity contribution >= 4 is 29.2 Å². The second-order valence-electron chi connectivity index (χ2n) is 8.33. The summed E-state index contributed by atoms with van der Waals surface area (Å²) in [5, 5.41) is 22.4. The Kier molecular flexibility index (Phi) is 6.37. The molecule has 2 N–H and O–H groups in total. The van der Waals surface area contributed by atoms with Crippen molar-refractivity contribution in [3.8, 4) is 6.07 Å². The quantitative estimate of drug-likeness (QED) is 0.693. The molecule has 4 rings (SSSR count). The first-order valence-electron chi connectivity index (χ1n) is 11.0. The van der Waals surface area contributed by atoms with Crippen LogP contribution in [-0.4, -0.2) is 58.2 Å². The number of carbonyl (C=O) groups is 1. The lowest BCUT2D eigenvalue weighted by atomic mass is 10.1. The highest BCUT2D eigenvalue weighted by atomic mass is 16.3. The molecule has 0 radical (unpaired) electrons. The van der Waals surface area contributed by atoms with Crippen LogP contribution >= 0.6 is 0 Å². The maximum Gasteiger partial charge on any atom is 0.225 e. The van der Waals surface area contributed by atoms with Crippen LogP contribution in [0.15, 0.2) is 31.0 Å². The van der Waals surface area contributed by atoms with Gasteiger partial charge in [-0.05, 0) is 44.0 Å². The van der Waals surface area contributed by atoms with Gasteiger partial charge in [0.2, 0.25) is 5.91 Å². The van der Waals surface area contributed by atoms with E-state index in [1.807, 2.05) is 25.1 Å². The Labute approximate surface area is 188 Å². The first-order valence-corrected chi connectivity index (χ1v) is 11.0. The fourth-order valence-corrected chi connectivity index (χ4v) is 4.16. The van der Waals surface area contributed by atoms with Crippen molar-refractivity contribution in [2.24, 2.45) is 0 Å². The largest absolute Gasteiger partial charge is 0.396 e. The van der Waals surface area contributed by atoms with Gasteiger partial charge >= 0.3 is 0 Å². The molecule has 1 amide bonds. The van der Waals surface area contributed by atoms with Crippen LogP contribution in [0.5, 0.6) is 0 Å². The SMILES string of the molecule is C=Cc1cc(Nc2cc(C#N)c(N3CCN(C(=O)CCO)C(C)C3)nc2C2CC2)ccn1. The van der Waals surface area contributed by atoms with Crippen molar-refractivity contribution in [2.75, 3.05) is 36.5 Å². The van der Waals surface area contributed by atoms with Gasteiger partial charge < -0.3 is 20.2 Å². The zero-order valence-corrected chi connectivity index (χ0v) is 18.3. The number of pyridine rings is 2. The molecule has 1 saturated carbocycles. The molecule has 1 atom stereocenters. The third-order valence-electron chi connectivity index (χ3n) is 5.96. The Morgan fingerprint density at radius 2 is 2.22 bits per heavy atom. The zero-order chi connectivity index (χ0) is 22.7. The number of nitrogens with one attached hydrogen (secondary N) is 1. The number of rotatable bonds is 7. The minimum atomic E-state index is -0.142. The molecule has 2 fully saturated rings. The number of hydrogen-bond acceptors (Lipinski definition) is 7. The highest BCUT2D eigenvalue weighted by molar-refractivity contribution is 5.77. The highest BCUT2D eigenvalue weighted by Gasteiger charge is 2.32. The van der Waals surface area contributed by atoms with Crippen LogP contribution in [0.25, 0.3) is 6.08 Å². The second kappa shape index (κ2) is 9.37. The van der Waals surface area contributed by atoms with Gasteiger partial charge in [-0.15, -0.1) is 0 Å². The van der Waals surface area contributed by atoms with Gasteiger partial charge in [-0.3, -0.25) is 9.78 Å². The summed E-state index contributed by atoms with van der Waals surface area (Å²) < 4.78 is 0. The van der Waals surface area contributed by atoms with Gasteiger partial charge in [0.1, 0.15) is 11.9 Å². The molecule has 0 aromatic carbocycles. The predicted molar refractivity (Wildman–Crippen MR) is 124 cm³/mol. The molecule has 0 bridgehead atoms. The zero-order valence-electron chi connectivity index (χ0n) is 18.3. The molecule has 1 aliphatic heterocycles. The van der Waals surface area contributed by atoms with Crippen molar-refractivity contribution in [1.82, 2.24) is 14.9 Å². The van der Waals surface area contributed by atoms with Crippen molar-refractivity contribution in [3.05, 3.63) is 47.9 Å². The number of anilines is 3. The summed E-state index contributed by atoms with van der Waals surface area (Å²) >= 11 is 0. The number of nitriles is 1. The maximum atomic E-state index is 12.3. The number of hydrogen-bond donors (Lipinski definition) is 2. The number of nitrogens with zero attached hydrogens (tertiary/aromatic N) is 5. The molecule has 1 saturated heterocycles. The molecule has 2 aromatic heterocycles. The Hall–Kier alpha value is -3.44. The van der Waals surface area contributed by atoms with Gasteiger partial charge in [0.25, 0.3) is 0 Å². The van der Waals surface area contributed by atoms with Gasteiger partial charge in [0.05, 0.1) is 29.2 Å². The lowest BCUT2D eigenvalue weighted by molar-refractivity contribution is -0.134. The molecular weight excluding hydrogens is 404 g/mol. The van der Waals surface area contributed by atoms with Gasteiger partial charge in [0, 0.05) is 49.9 Å². The third-order valence-corrected chi connectivity index (χ3v) is 5.96. The lowest BCUT2D eigenvalue weighted by Gasteiger charge is -2.40. The fourth-order valence-electron chi connectivity index (χ4n) is 4.16. The summed E-state index contributed by atoms with van der Waals surface area (Å²) in [6.45, 7) is 7.37. The van der Waals surface area contributed by atoms with Crippen LogP contribution in [0.2, 0.25) is 0 Å². The molecule has 2 aliphatic rings. The van der Waals surface area contributed by atoms with Crippen molar-refractivity contribution < 1.29 is 9.90 Å². The summed E-state index contributed by atoms with van der Waals surface area (Å²) in [6, 6.07) is 7.97. The summed E-state index contributed by atoms with van der Waals surface area (Å²) in [4.78, 5) is 25.4. The average Bonchev–Trinajstić information content (AvgIpc) is 3.64. The minimum absolute atomic E-state index is 0.0209. The fraction of sp³-hybridized carbons (Fsp3) is 0.417. The van der Waals surface area contributed by atoms with Gasteiger partial charge in [0.15, 0.2) is 0 Å². The van der Waals surface area contributed by atoms with Crippen LogP contribution in [0.1, 0.15) is 49.1 Å². The van der Waals surface area contributed by atoms with Crippen molar-refractivity contribution in [2.45, 2.75) is 38.1 Å². The molecule has 8 nitrogen and oxygen atoms in total. The highest BCUT2D eigenvalue weighted by Crippen LogP contribution is 2.44. The standard InChI is InChI=1S/C24H28N6O2/c1-3-19-13-20(6-8-26-19)27-21-12-18(14-25)24(28-23(21)17-4-5-17)29-9-10-30(16(2)15-29)22(32)7-11-31/h3,6,8,12-13,16-17,31H,1,4-5,7,9-11,15H2,2H3,(H,26,27). The summed E-state index contributed by atoms with van der Waals surface area (Å²) in [5.74, 6) is 1.03. The van der Waals surface area contributed by atoms with Crippen LogP contribution in [0.4, 0.5) is 17.2 Å². The van der Waals surface area contributed by atoms with Crippen LogP contribution in [-0.2, 0) is 4.79 Å². The van der Waals surface area contributed by atoms with Crippen molar-refractivity contribution in [3.63, 3.8) is 0 Å². The van der Waals surface area contributed by atoms with E-state index in [1.54, 1.807) is 17.2 Å². The van der Waals surface area contributed by atoms with Crippen LogP contribution < -0.4 is 10.2 Å². The Balaban J connectivity index is 1.61.